The van der Waals surface area contributed by atoms with Gasteiger partial charge in [0, 0.05) is 5.92 Å². The Kier molecular flexibility index (Phi) is 2.95. The van der Waals surface area contributed by atoms with Gasteiger partial charge in [0.25, 0.3) is 0 Å². The van der Waals surface area contributed by atoms with Crippen LogP contribution in [0.15, 0.2) is 18.2 Å². The van der Waals surface area contributed by atoms with E-state index >= 15 is 0 Å². The summed E-state index contributed by atoms with van der Waals surface area (Å²) in [4.78, 5) is 10.7. The predicted octanol–water partition coefficient (Wildman–Crippen LogP) is 2.84. The van der Waals surface area contributed by atoms with E-state index in [1.807, 2.05) is 25.1 Å². The van der Waals surface area contributed by atoms with Gasteiger partial charge in [-0.2, -0.15) is 0 Å². The summed E-state index contributed by atoms with van der Waals surface area (Å²) in [6.07, 6.45) is 0.650. The van der Waals surface area contributed by atoms with E-state index < -0.39 is 18.1 Å². The van der Waals surface area contributed by atoms with Gasteiger partial charge >= 0.3 is 5.97 Å². The van der Waals surface area contributed by atoms with E-state index in [4.69, 9.17) is 5.11 Å². The summed E-state index contributed by atoms with van der Waals surface area (Å²) < 4.78 is 13.6. The van der Waals surface area contributed by atoms with Crippen LogP contribution in [-0.4, -0.2) is 17.2 Å². The molecular formula is C13H15FO2. The van der Waals surface area contributed by atoms with Gasteiger partial charge in [0.05, 0.1) is 0 Å². The number of carboxylic acid groups (broad SMARTS) is 1. The molecule has 2 rings (SSSR count). The predicted molar refractivity (Wildman–Crippen MR) is 59.4 cm³/mol. The second-order valence-corrected chi connectivity index (χ2v) is 4.44. The first kappa shape index (κ1) is 11.1. The van der Waals surface area contributed by atoms with Crippen LogP contribution in [0.5, 0.6) is 0 Å². The van der Waals surface area contributed by atoms with Gasteiger partial charge < -0.3 is 5.11 Å². The molecule has 0 saturated heterocycles. The molecule has 1 aromatic rings. The molecule has 0 fully saturated rings. The van der Waals surface area contributed by atoms with Crippen molar-refractivity contribution in [2.24, 2.45) is 0 Å². The molecule has 0 aromatic heterocycles. The molecule has 2 unspecified atom stereocenters. The van der Waals surface area contributed by atoms with Crippen molar-refractivity contribution >= 4 is 5.97 Å². The lowest BCUT2D eigenvalue weighted by atomic mass is 9.79. The zero-order valence-electron chi connectivity index (χ0n) is 9.24. The Labute approximate surface area is 94.1 Å². The highest BCUT2D eigenvalue weighted by molar-refractivity contribution is 5.73. The van der Waals surface area contributed by atoms with Crippen LogP contribution in [0.3, 0.4) is 0 Å². The van der Waals surface area contributed by atoms with Crippen molar-refractivity contribution < 1.29 is 14.3 Å². The molecule has 0 aliphatic heterocycles. The molecule has 1 N–H and O–H groups in total. The molecule has 1 aromatic carbocycles. The van der Waals surface area contributed by atoms with Crippen LogP contribution < -0.4 is 0 Å². The molecule has 0 radical (unpaired) electrons. The first-order valence-electron chi connectivity index (χ1n) is 5.56. The van der Waals surface area contributed by atoms with Crippen molar-refractivity contribution in [1.29, 1.82) is 0 Å². The Morgan fingerprint density at radius 3 is 3.00 bits per heavy atom. The minimum absolute atomic E-state index is 0.471. The van der Waals surface area contributed by atoms with Crippen molar-refractivity contribution in [2.75, 3.05) is 0 Å². The number of halogens is 1. The maximum atomic E-state index is 13.6. The summed E-state index contributed by atoms with van der Waals surface area (Å²) in [5.41, 5.74) is 3.05. The summed E-state index contributed by atoms with van der Waals surface area (Å²) in [6.45, 7) is 1.94. The van der Waals surface area contributed by atoms with Gasteiger partial charge in [0.1, 0.15) is 0 Å². The molecule has 3 heteroatoms. The number of rotatable bonds is 2. The normalized spacial score (nSPS) is 21.2. The molecule has 0 saturated carbocycles. The van der Waals surface area contributed by atoms with Gasteiger partial charge in [0.2, 0.25) is 6.17 Å². The SMILES string of the molecule is Cc1ccc2c(c1)C(C(F)C(=O)O)CCC2. The molecule has 86 valence electrons. The van der Waals surface area contributed by atoms with E-state index in [9.17, 15) is 9.18 Å². The van der Waals surface area contributed by atoms with Crippen LogP contribution in [0, 0.1) is 6.92 Å². The highest BCUT2D eigenvalue weighted by Crippen LogP contribution is 2.35. The number of benzene rings is 1. The van der Waals surface area contributed by atoms with Gasteiger partial charge in [-0.3, -0.25) is 0 Å². The Morgan fingerprint density at radius 2 is 2.31 bits per heavy atom. The molecule has 2 atom stereocenters. The van der Waals surface area contributed by atoms with E-state index in [-0.39, 0.29) is 0 Å². The van der Waals surface area contributed by atoms with Crippen LogP contribution in [0.25, 0.3) is 0 Å². The quantitative estimate of drug-likeness (QED) is 0.835. The lowest BCUT2D eigenvalue weighted by Crippen LogP contribution is -2.26. The third-order valence-electron chi connectivity index (χ3n) is 3.25. The van der Waals surface area contributed by atoms with Gasteiger partial charge in [0.15, 0.2) is 0 Å². The number of carboxylic acids is 1. The van der Waals surface area contributed by atoms with Crippen molar-refractivity contribution in [3.63, 3.8) is 0 Å². The summed E-state index contributed by atoms with van der Waals surface area (Å²) in [5, 5.41) is 8.75. The van der Waals surface area contributed by atoms with Crippen LogP contribution in [0.1, 0.15) is 35.4 Å². The summed E-state index contributed by atoms with van der Waals surface area (Å²) >= 11 is 0. The number of fused-ring (bicyclic) bond motifs is 1. The van der Waals surface area contributed by atoms with Gasteiger partial charge in [-0.15, -0.1) is 0 Å². The molecule has 1 aliphatic carbocycles. The van der Waals surface area contributed by atoms with E-state index in [2.05, 4.69) is 0 Å². The standard InChI is InChI=1S/C13H15FO2/c1-8-5-6-9-3-2-4-10(11(9)7-8)12(14)13(15)16/h5-7,10,12H,2-4H2,1H3,(H,15,16). The molecule has 2 nitrogen and oxygen atoms in total. The maximum absolute atomic E-state index is 13.6. The number of aliphatic carboxylic acids is 1. The van der Waals surface area contributed by atoms with Crippen LogP contribution >= 0.6 is 0 Å². The van der Waals surface area contributed by atoms with Gasteiger partial charge in [-0.25, -0.2) is 9.18 Å². The largest absolute Gasteiger partial charge is 0.479 e. The lowest BCUT2D eigenvalue weighted by molar-refractivity contribution is -0.143. The second-order valence-electron chi connectivity index (χ2n) is 4.44. The first-order chi connectivity index (χ1) is 7.59. The fraction of sp³-hybridized carbons (Fsp3) is 0.462. The number of hydrogen-bond donors (Lipinski definition) is 1. The van der Waals surface area contributed by atoms with E-state index in [0.29, 0.717) is 6.42 Å². The Balaban J connectivity index is 2.38. The van der Waals surface area contributed by atoms with Crippen LogP contribution in [0.2, 0.25) is 0 Å². The average molecular weight is 222 g/mol. The second kappa shape index (κ2) is 4.24. The summed E-state index contributed by atoms with van der Waals surface area (Å²) in [7, 11) is 0. The molecule has 16 heavy (non-hydrogen) atoms. The fourth-order valence-electron chi connectivity index (χ4n) is 2.43. The maximum Gasteiger partial charge on any atom is 0.338 e. The average Bonchev–Trinajstić information content (AvgIpc) is 2.27. The van der Waals surface area contributed by atoms with E-state index in [1.54, 1.807) is 0 Å². The highest BCUT2D eigenvalue weighted by atomic mass is 19.1. The Hall–Kier alpha value is -1.38. The Bertz CT molecular complexity index is 414. The minimum Gasteiger partial charge on any atom is -0.479 e. The molecule has 1 aliphatic rings. The van der Waals surface area contributed by atoms with Crippen molar-refractivity contribution in [3.8, 4) is 0 Å². The number of alkyl halides is 1. The third-order valence-corrected chi connectivity index (χ3v) is 3.25. The zero-order valence-corrected chi connectivity index (χ0v) is 9.24. The lowest BCUT2D eigenvalue weighted by Gasteiger charge is -2.26. The monoisotopic (exact) mass is 222 g/mol. The molecular weight excluding hydrogens is 207 g/mol. The number of aryl methyl sites for hydroxylation is 2. The minimum atomic E-state index is -1.78. The molecule has 0 amide bonds. The van der Waals surface area contributed by atoms with Gasteiger partial charge in [-0.1, -0.05) is 23.8 Å². The van der Waals surface area contributed by atoms with Crippen LogP contribution in [-0.2, 0) is 11.2 Å². The molecule has 0 heterocycles. The van der Waals surface area contributed by atoms with E-state index in [1.165, 1.54) is 0 Å². The molecule has 0 spiro atoms. The topological polar surface area (TPSA) is 37.3 Å². The summed E-state index contributed by atoms with van der Waals surface area (Å²) in [5.74, 6) is -1.82. The van der Waals surface area contributed by atoms with Crippen LogP contribution in [0.4, 0.5) is 4.39 Å². The fourth-order valence-corrected chi connectivity index (χ4v) is 2.43. The number of hydrogen-bond acceptors (Lipinski definition) is 1. The zero-order chi connectivity index (χ0) is 11.7. The summed E-state index contributed by atoms with van der Waals surface area (Å²) in [6, 6.07) is 5.91. The van der Waals surface area contributed by atoms with Crippen molar-refractivity contribution in [3.05, 3.63) is 34.9 Å². The third kappa shape index (κ3) is 1.94. The Morgan fingerprint density at radius 1 is 1.56 bits per heavy atom. The highest BCUT2D eigenvalue weighted by Gasteiger charge is 2.32. The van der Waals surface area contributed by atoms with E-state index in [0.717, 1.165) is 29.5 Å². The van der Waals surface area contributed by atoms with Gasteiger partial charge in [-0.05, 0) is 37.3 Å². The van der Waals surface area contributed by atoms with Crippen molar-refractivity contribution in [1.82, 2.24) is 0 Å². The molecule has 0 bridgehead atoms. The number of carbonyl (C=O) groups is 1. The van der Waals surface area contributed by atoms with Crippen molar-refractivity contribution in [2.45, 2.75) is 38.3 Å². The first-order valence-corrected chi connectivity index (χ1v) is 5.56. The smallest absolute Gasteiger partial charge is 0.338 e.